The van der Waals surface area contributed by atoms with Crippen molar-refractivity contribution in [2.24, 2.45) is 5.73 Å². The Morgan fingerprint density at radius 3 is 2.71 bits per heavy atom. The summed E-state index contributed by atoms with van der Waals surface area (Å²) in [4.78, 5) is 25.5. The number of nitrogens with one attached hydrogen (secondary N) is 1. The van der Waals surface area contributed by atoms with Crippen LogP contribution in [0.1, 0.15) is 18.4 Å². The second kappa shape index (κ2) is 7.19. The summed E-state index contributed by atoms with van der Waals surface area (Å²) in [5.41, 5.74) is 7.27. The van der Waals surface area contributed by atoms with Gasteiger partial charge in [0.25, 0.3) is 0 Å². The average Bonchev–Trinajstić information content (AvgIpc) is 2.95. The van der Waals surface area contributed by atoms with Gasteiger partial charge in [0.05, 0.1) is 13.7 Å². The van der Waals surface area contributed by atoms with Crippen LogP contribution < -0.4 is 11.1 Å². The van der Waals surface area contributed by atoms with E-state index in [4.69, 9.17) is 10.5 Å². The van der Waals surface area contributed by atoms with Crippen LogP contribution in [0.5, 0.6) is 0 Å². The van der Waals surface area contributed by atoms with Gasteiger partial charge in [-0.2, -0.15) is 0 Å². The molecule has 1 heterocycles. The molecule has 6 heteroatoms. The highest BCUT2D eigenvalue weighted by atomic mass is 16.5. The molecule has 1 aliphatic heterocycles. The minimum absolute atomic E-state index is 0.133. The fraction of sp³-hybridized carbons (Fsp3) is 0.467. The van der Waals surface area contributed by atoms with Gasteiger partial charge < -0.3 is 15.8 Å². The lowest BCUT2D eigenvalue weighted by atomic mass is 10.2. The molecule has 0 aliphatic carbocycles. The number of ether oxygens (including phenoxy) is 1. The summed E-state index contributed by atoms with van der Waals surface area (Å²) in [5, 5.41) is 2.82. The van der Waals surface area contributed by atoms with E-state index in [-0.39, 0.29) is 24.5 Å². The van der Waals surface area contributed by atoms with Crippen molar-refractivity contribution >= 4 is 17.6 Å². The van der Waals surface area contributed by atoms with E-state index in [0.717, 1.165) is 30.6 Å². The van der Waals surface area contributed by atoms with Gasteiger partial charge in [0, 0.05) is 12.2 Å². The summed E-state index contributed by atoms with van der Waals surface area (Å²) in [5.74, 6) is -0.404. The van der Waals surface area contributed by atoms with E-state index in [9.17, 15) is 9.59 Å². The van der Waals surface area contributed by atoms with Crippen LogP contribution >= 0.6 is 0 Å². The van der Waals surface area contributed by atoms with E-state index in [1.165, 1.54) is 7.11 Å². The Bertz CT molecular complexity index is 501. The molecule has 3 N–H and O–H groups in total. The first-order valence-corrected chi connectivity index (χ1v) is 7.04. The number of hydrogen-bond acceptors (Lipinski definition) is 5. The molecule has 1 aromatic carbocycles. The van der Waals surface area contributed by atoms with Crippen LogP contribution in [0.2, 0.25) is 0 Å². The number of anilines is 1. The van der Waals surface area contributed by atoms with E-state index >= 15 is 0 Å². The molecule has 0 radical (unpaired) electrons. The van der Waals surface area contributed by atoms with Crippen molar-refractivity contribution in [1.82, 2.24) is 4.90 Å². The first-order valence-electron chi connectivity index (χ1n) is 7.04. The number of benzene rings is 1. The molecule has 21 heavy (non-hydrogen) atoms. The molecule has 1 atom stereocenters. The van der Waals surface area contributed by atoms with Crippen molar-refractivity contribution in [2.75, 3.05) is 25.5 Å². The zero-order chi connectivity index (χ0) is 15.2. The summed E-state index contributed by atoms with van der Waals surface area (Å²) >= 11 is 0. The SMILES string of the molecule is COC(=O)C1CCCN1CC(=O)Nc1ccc(CN)cc1. The number of esters is 1. The maximum absolute atomic E-state index is 12.0. The molecule has 1 fully saturated rings. The predicted octanol–water partition coefficient (Wildman–Crippen LogP) is 0.721. The summed E-state index contributed by atoms with van der Waals surface area (Å²) in [6.07, 6.45) is 1.64. The normalized spacial score (nSPS) is 18.5. The molecule has 0 aromatic heterocycles. The van der Waals surface area contributed by atoms with Crippen LogP contribution in [0.25, 0.3) is 0 Å². The molecule has 114 valence electrons. The van der Waals surface area contributed by atoms with Gasteiger partial charge in [-0.3, -0.25) is 14.5 Å². The fourth-order valence-corrected chi connectivity index (χ4v) is 2.53. The van der Waals surface area contributed by atoms with Crippen LogP contribution in [-0.4, -0.2) is 43.0 Å². The second-order valence-electron chi connectivity index (χ2n) is 5.10. The topological polar surface area (TPSA) is 84.7 Å². The third-order valence-corrected chi connectivity index (χ3v) is 3.66. The van der Waals surface area contributed by atoms with Crippen molar-refractivity contribution in [3.8, 4) is 0 Å². The first-order chi connectivity index (χ1) is 10.1. The van der Waals surface area contributed by atoms with Gasteiger partial charge in [0.1, 0.15) is 6.04 Å². The number of nitrogens with zero attached hydrogens (tertiary/aromatic N) is 1. The zero-order valence-electron chi connectivity index (χ0n) is 12.2. The van der Waals surface area contributed by atoms with Crippen molar-refractivity contribution < 1.29 is 14.3 Å². The van der Waals surface area contributed by atoms with E-state index < -0.39 is 0 Å². The molecular formula is C15H21N3O3. The van der Waals surface area contributed by atoms with Crippen LogP contribution in [-0.2, 0) is 20.9 Å². The third-order valence-electron chi connectivity index (χ3n) is 3.66. The minimum atomic E-state index is -0.305. The Morgan fingerprint density at radius 2 is 2.10 bits per heavy atom. The Kier molecular flexibility index (Phi) is 5.30. The molecule has 0 spiro atoms. The molecular weight excluding hydrogens is 270 g/mol. The summed E-state index contributed by atoms with van der Waals surface area (Å²) in [6.45, 7) is 1.40. The Balaban J connectivity index is 1.90. The first kappa shape index (κ1) is 15.5. The van der Waals surface area contributed by atoms with Gasteiger partial charge in [-0.25, -0.2) is 0 Å². The molecule has 1 aliphatic rings. The fourth-order valence-electron chi connectivity index (χ4n) is 2.53. The smallest absolute Gasteiger partial charge is 0.323 e. The van der Waals surface area contributed by atoms with E-state index in [2.05, 4.69) is 5.32 Å². The molecule has 1 saturated heterocycles. The summed E-state index contributed by atoms with van der Waals surface area (Å²) in [6, 6.07) is 7.09. The molecule has 1 aromatic rings. The van der Waals surface area contributed by atoms with Crippen LogP contribution in [0, 0.1) is 0 Å². The van der Waals surface area contributed by atoms with Gasteiger partial charge >= 0.3 is 5.97 Å². The molecule has 0 bridgehead atoms. The van der Waals surface area contributed by atoms with Crippen LogP contribution in [0.15, 0.2) is 24.3 Å². The number of carbonyl (C=O) groups excluding carboxylic acids is 2. The number of methoxy groups -OCH3 is 1. The molecule has 1 amide bonds. The van der Waals surface area contributed by atoms with Gasteiger partial charge in [-0.1, -0.05) is 12.1 Å². The van der Waals surface area contributed by atoms with Crippen molar-refractivity contribution in [3.05, 3.63) is 29.8 Å². The lowest BCUT2D eigenvalue weighted by molar-refractivity contribution is -0.146. The summed E-state index contributed by atoms with van der Waals surface area (Å²) in [7, 11) is 1.37. The molecule has 6 nitrogen and oxygen atoms in total. The number of rotatable bonds is 5. The zero-order valence-corrected chi connectivity index (χ0v) is 12.2. The molecule has 2 rings (SSSR count). The van der Waals surface area contributed by atoms with E-state index in [0.29, 0.717) is 6.54 Å². The number of nitrogens with two attached hydrogens (primary N) is 1. The number of hydrogen-bond donors (Lipinski definition) is 2. The number of carbonyl (C=O) groups is 2. The highest BCUT2D eigenvalue weighted by Gasteiger charge is 2.32. The van der Waals surface area contributed by atoms with Gasteiger partial charge in [-0.15, -0.1) is 0 Å². The second-order valence-corrected chi connectivity index (χ2v) is 5.10. The van der Waals surface area contributed by atoms with Crippen molar-refractivity contribution in [3.63, 3.8) is 0 Å². The van der Waals surface area contributed by atoms with Crippen LogP contribution in [0.3, 0.4) is 0 Å². The van der Waals surface area contributed by atoms with Crippen LogP contribution in [0.4, 0.5) is 5.69 Å². The van der Waals surface area contributed by atoms with E-state index in [1.54, 1.807) is 0 Å². The highest BCUT2D eigenvalue weighted by molar-refractivity contribution is 5.92. The van der Waals surface area contributed by atoms with Crippen molar-refractivity contribution in [1.29, 1.82) is 0 Å². The number of likely N-dealkylation sites (tertiary alicyclic amines) is 1. The summed E-state index contributed by atoms with van der Waals surface area (Å²) < 4.78 is 4.77. The van der Waals surface area contributed by atoms with E-state index in [1.807, 2.05) is 29.2 Å². The van der Waals surface area contributed by atoms with Gasteiger partial charge in [0.2, 0.25) is 5.91 Å². The quantitative estimate of drug-likeness (QED) is 0.781. The maximum Gasteiger partial charge on any atom is 0.323 e. The maximum atomic E-state index is 12.0. The highest BCUT2D eigenvalue weighted by Crippen LogP contribution is 2.18. The lowest BCUT2D eigenvalue weighted by Gasteiger charge is -2.21. The number of amides is 1. The largest absolute Gasteiger partial charge is 0.468 e. The predicted molar refractivity (Wildman–Crippen MR) is 79.6 cm³/mol. The van der Waals surface area contributed by atoms with Gasteiger partial charge in [-0.05, 0) is 37.1 Å². The Morgan fingerprint density at radius 1 is 1.38 bits per heavy atom. The lowest BCUT2D eigenvalue weighted by Crippen LogP contribution is -2.41. The average molecular weight is 291 g/mol. The standard InChI is InChI=1S/C15H21N3O3/c1-21-15(20)13-3-2-8-18(13)10-14(19)17-12-6-4-11(9-16)5-7-12/h4-7,13H,2-3,8-10,16H2,1H3,(H,17,19). The molecule has 0 saturated carbocycles. The minimum Gasteiger partial charge on any atom is -0.468 e. The Labute approximate surface area is 124 Å². The third kappa shape index (κ3) is 4.03. The van der Waals surface area contributed by atoms with Gasteiger partial charge in [0.15, 0.2) is 0 Å². The molecule has 1 unspecified atom stereocenters. The van der Waals surface area contributed by atoms with Crippen molar-refractivity contribution in [2.45, 2.75) is 25.4 Å². The monoisotopic (exact) mass is 291 g/mol. The Hall–Kier alpha value is -1.92.